The van der Waals surface area contributed by atoms with Crippen molar-refractivity contribution >= 4 is 46.0 Å². The van der Waals surface area contributed by atoms with Gasteiger partial charge in [-0.05, 0) is 11.8 Å². The molecule has 0 spiro atoms. The van der Waals surface area contributed by atoms with E-state index in [-0.39, 0.29) is 0 Å². The van der Waals surface area contributed by atoms with Crippen molar-refractivity contribution in [1.82, 2.24) is 15.2 Å². The van der Waals surface area contributed by atoms with Crippen LogP contribution in [-0.2, 0) is 0 Å². The number of hydrogen-bond donors (Lipinski definition) is 0. The lowest BCUT2D eigenvalue weighted by atomic mass is 11.0. The van der Waals surface area contributed by atoms with Crippen LogP contribution in [-0.4, -0.2) is 15.2 Å². The van der Waals surface area contributed by atoms with Gasteiger partial charge in [-0.3, -0.25) is 0 Å². The fraction of sp³-hybridized carbons (Fsp3) is 0. The molecule has 0 atom stereocenters. The first-order valence-corrected chi connectivity index (χ1v) is 5.85. The summed E-state index contributed by atoms with van der Waals surface area (Å²) in [5.41, 5.74) is 1.69. The molecule has 0 N–H and O–H groups in total. The number of halogens is 1. The fourth-order valence-corrected chi connectivity index (χ4v) is 3.24. The molecule has 2 rings (SSSR count). The van der Waals surface area contributed by atoms with E-state index in [1.165, 1.54) is 34.4 Å². The van der Waals surface area contributed by atoms with Crippen LogP contribution >= 0.6 is 46.0 Å². The van der Waals surface area contributed by atoms with Crippen molar-refractivity contribution in [3.63, 3.8) is 0 Å². The summed E-state index contributed by atoms with van der Waals surface area (Å²) < 4.78 is 1.79. The van der Waals surface area contributed by atoms with Crippen LogP contribution in [0.3, 0.4) is 0 Å². The summed E-state index contributed by atoms with van der Waals surface area (Å²) in [5, 5.41) is 9.92. The molecule has 2 aromatic heterocycles. The molecule has 0 aromatic carbocycles. The molecule has 2 heterocycles. The quantitative estimate of drug-likeness (QED) is 0.803. The molecule has 12 heavy (non-hydrogen) atoms. The van der Waals surface area contributed by atoms with Crippen molar-refractivity contribution in [2.45, 2.75) is 8.68 Å². The number of aromatic nitrogens is 3. The zero-order chi connectivity index (χ0) is 8.39. The molecule has 3 nitrogen and oxygen atoms in total. The third kappa shape index (κ3) is 1.95. The van der Waals surface area contributed by atoms with Gasteiger partial charge in [-0.15, -0.1) is 21.5 Å². The molecule has 62 valence electrons. The van der Waals surface area contributed by atoms with E-state index in [0.29, 0.717) is 5.15 Å². The number of hydrogen-bond acceptors (Lipinski definition) is 6. The topological polar surface area (TPSA) is 38.7 Å². The Balaban J connectivity index is 2.14. The Morgan fingerprint density at radius 3 is 2.83 bits per heavy atom. The number of nitrogens with zero attached hydrogens (tertiary/aromatic N) is 3. The van der Waals surface area contributed by atoms with E-state index >= 15 is 0 Å². The highest BCUT2D eigenvalue weighted by molar-refractivity contribution is 8.02. The maximum Gasteiger partial charge on any atom is 0.181 e. The maximum atomic E-state index is 5.65. The molecule has 0 unspecified atom stereocenters. The molecule has 0 amide bonds. The van der Waals surface area contributed by atoms with Gasteiger partial charge in [0.2, 0.25) is 0 Å². The molecule has 0 radical (unpaired) electrons. The van der Waals surface area contributed by atoms with Gasteiger partial charge in [-0.2, -0.15) is 0 Å². The minimum absolute atomic E-state index is 0.534. The summed E-state index contributed by atoms with van der Waals surface area (Å²) in [7, 11) is 0. The van der Waals surface area contributed by atoms with Crippen molar-refractivity contribution in [2.75, 3.05) is 0 Å². The molecule has 0 aliphatic heterocycles. The molecule has 2 aromatic rings. The molecule has 0 bridgehead atoms. The minimum Gasteiger partial charge on any atom is -0.218 e. The van der Waals surface area contributed by atoms with Gasteiger partial charge in [0.25, 0.3) is 0 Å². The molecular formula is C5H2ClN3S3. The SMILES string of the molecule is Clc1csc(Sc2nncs2)n1. The van der Waals surface area contributed by atoms with Crippen molar-refractivity contribution in [2.24, 2.45) is 0 Å². The molecule has 0 aliphatic rings. The molecular weight excluding hydrogens is 234 g/mol. The summed E-state index contributed by atoms with van der Waals surface area (Å²) in [6.07, 6.45) is 0. The monoisotopic (exact) mass is 235 g/mol. The second kappa shape index (κ2) is 3.69. The number of rotatable bonds is 2. The van der Waals surface area contributed by atoms with Crippen LogP contribution in [0.4, 0.5) is 0 Å². The Kier molecular flexibility index (Phi) is 2.60. The Labute approximate surface area is 85.8 Å². The largest absolute Gasteiger partial charge is 0.218 e. The smallest absolute Gasteiger partial charge is 0.181 e. The Morgan fingerprint density at radius 1 is 1.33 bits per heavy atom. The zero-order valence-corrected chi connectivity index (χ0v) is 8.80. The lowest BCUT2D eigenvalue weighted by Gasteiger charge is -1.85. The summed E-state index contributed by atoms with van der Waals surface area (Å²) in [6.45, 7) is 0. The fourth-order valence-electron chi connectivity index (χ4n) is 0.568. The van der Waals surface area contributed by atoms with Gasteiger partial charge in [0.1, 0.15) is 10.7 Å². The third-order valence-electron chi connectivity index (χ3n) is 0.970. The van der Waals surface area contributed by atoms with E-state index in [1.54, 1.807) is 10.9 Å². The van der Waals surface area contributed by atoms with Gasteiger partial charge in [-0.1, -0.05) is 22.9 Å². The van der Waals surface area contributed by atoms with Crippen molar-refractivity contribution in [3.8, 4) is 0 Å². The Bertz CT molecular complexity index is 358. The third-order valence-corrected chi connectivity index (χ3v) is 4.01. The second-order valence-corrected chi connectivity index (χ2v) is 5.32. The second-order valence-electron chi connectivity index (χ2n) is 1.74. The van der Waals surface area contributed by atoms with Crippen LogP contribution in [0.5, 0.6) is 0 Å². The molecule has 0 fully saturated rings. The molecule has 7 heteroatoms. The lowest BCUT2D eigenvalue weighted by Crippen LogP contribution is -1.70. The predicted octanol–water partition coefficient (Wildman–Crippen LogP) is 2.80. The van der Waals surface area contributed by atoms with Gasteiger partial charge >= 0.3 is 0 Å². The van der Waals surface area contributed by atoms with E-state index in [2.05, 4.69) is 15.2 Å². The van der Waals surface area contributed by atoms with E-state index in [4.69, 9.17) is 11.6 Å². The van der Waals surface area contributed by atoms with Crippen molar-refractivity contribution in [1.29, 1.82) is 0 Å². The minimum atomic E-state index is 0.534. The highest BCUT2D eigenvalue weighted by Crippen LogP contribution is 2.31. The van der Waals surface area contributed by atoms with Gasteiger partial charge in [0.15, 0.2) is 8.68 Å². The van der Waals surface area contributed by atoms with Crippen molar-refractivity contribution < 1.29 is 0 Å². The van der Waals surface area contributed by atoms with Crippen LogP contribution in [0.25, 0.3) is 0 Å². The lowest BCUT2D eigenvalue weighted by molar-refractivity contribution is 1.01. The van der Waals surface area contributed by atoms with Crippen LogP contribution in [0.2, 0.25) is 5.15 Å². The first-order chi connectivity index (χ1) is 5.84. The highest BCUT2D eigenvalue weighted by Gasteiger charge is 2.04. The molecule has 0 saturated heterocycles. The predicted molar refractivity (Wildman–Crippen MR) is 51.2 cm³/mol. The average molecular weight is 236 g/mol. The average Bonchev–Trinajstić information content (AvgIpc) is 2.63. The van der Waals surface area contributed by atoms with Gasteiger partial charge in [0, 0.05) is 5.38 Å². The highest BCUT2D eigenvalue weighted by atomic mass is 35.5. The summed E-state index contributed by atoms with van der Waals surface area (Å²) >= 11 is 10.1. The first kappa shape index (κ1) is 8.43. The Morgan fingerprint density at radius 2 is 2.25 bits per heavy atom. The van der Waals surface area contributed by atoms with E-state index in [1.807, 2.05) is 0 Å². The van der Waals surface area contributed by atoms with Crippen molar-refractivity contribution in [3.05, 3.63) is 16.0 Å². The number of thiazole rings is 1. The normalized spacial score (nSPS) is 10.4. The summed E-state index contributed by atoms with van der Waals surface area (Å²) in [5.74, 6) is 0. The van der Waals surface area contributed by atoms with Crippen LogP contribution in [0, 0.1) is 0 Å². The summed E-state index contributed by atoms with van der Waals surface area (Å²) in [4.78, 5) is 4.07. The van der Waals surface area contributed by atoms with Gasteiger partial charge in [0.05, 0.1) is 0 Å². The standard InChI is InChI=1S/C5H2ClN3S3/c6-3-1-10-4(8-3)12-5-9-7-2-11-5/h1-2H. The van der Waals surface area contributed by atoms with Crippen LogP contribution in [0.15, 0.2) is 19.6 Å². The van der Waals surface area contributed by atoms with Gasteiger partial charge < -0.3 is 0 Å². The first-order valence-electron chi connectivity index (χ1n) is 2.89. The molecule has 0 saturated carbocycles. The van der Waals surface area contributed by atoms with Crippen LogP contribution < -0.4 is 0 Å². The Hall–Kier alpha value is -0.170. The van der Waals surface area contributed by atoms with Gasteiger partial charge in [-0.25, -0.2) is 4.98 Å². The van der Waals surface area contributed by atoms with E-state index in [9.17, 15) is 0 Å². The van der Waals surface area contributed by atoms with Crippen LogP contribution in [0.1, 0.15) is 0 Å². The summed E-state index contributed by atoms with van der Waals surface area (Å²) in [6, 6.07) is 0. The van der Waals surface area contributed by atoms with E-state index < -0.39 is 0 Å². The zero-order valence-electron chi connectivity index (χ0n) is 5.60. The maximum absolute atomic E-state index is 5.65. The molecule has 0 aliphatic carbocycles. The van der Waals surface area contributed by atoms with E-state index in [0.717, 1.165) is 8.68 Å².